The van der Waals surface area contributed by atoms with Crippen LogP contribution in [0.1, 0.15) is 11.1 Å². The predicted octanol–water partition coefficient (Wildman–Crippen LogP) is 5.40. The molecule has 1 aromatic heterocycles. The van der Waals surface area contributed by atoms with Crippen LogP contribution in [0.5, 0.6) is 11.5 Å². The Balaban J connectivity index is 1.79. The van der Waals surface area contributed by atoms with E-state index >= 15 is 0 Å². The molecule has 1 aliphatic carbocycles. The van der Waals surface area contributed by atoms with Gasteiger partial charge in [-0.2, -0.15) is 0 Å². The minimum atomic E-state index is 0.244. The molecule has 0 atom stereocenters. The molecular weight excluding hydrogens is 334 g/mol. The van der Waals surface area contributed by atoms with Crippen LogP contribution >= 0.6 is 0 Å². The van der Waals surface area contributed by atoms with E-state index in [1.807, 2.05) is 54.6 Å². The van der Waals surface area contributed by atoms with Crippen LogP contribution in [0, 0.1) is 0 Å². The summed E-state index contributed by atoms with van der Waals surface area (Å²) in [5.41, 5.74) is 7.99. The van der Waals surface area contributed by atoms with Crippen LogP contribution in [-0.4, -0.2) is 15.2 Å². The number of benzene rings is 3. The fourth-order valence-electron chi connectivity index (χ4n) is 3.79. The summed E-state index contributed by atoms with van der Waals surface area (Å²) in [4.78, 5) is 4.95. The number of phenolic OH excluding ortho intramolecular Hbond substituents is 2. The van der Waals surface area contributed by atoms with E-state index in [4.69, 9.17) is 4.98 Å². The van der Waals surface area contributed by atoms with Crippen LogP contribution in [0.25, 0.3) is 33.6 Å². The molecule has 1 heterocycles. The summed E-state index contributed by atoms with van der Waals surface area (Å²) in [7, 11) is 0. The monoisotopic (exact) mass is 351 g/mol. The lowest BCUT2D eigenvalue weighted by molar-refractivity contribution is 0.470. The van der Waals surface area contributed by atoms with Crippen molar-refractivity contribution in [2.75, 3.05) is 0 Å². The Labute approximate surface area is 157 Å². The smallest absolute Gasteiger partial charge is 0.119 e. The zero-order chi connectivity index (χ0) is 18.4. The minimum Gasteiger partial charge on any atom is -0.508 e. The van der Waals surface area contributed by atoms with E-state index in [-0.39, 0.29) is 5.75 Å². The second-order valence-corrected chi connectivity index (χ2v) is 6.78. The van der Waals surface area contributed by atoms with E-state index in [1.165, 1.54) is 0 Å². The molecule has 0 spiro atoms. The van der Waals surface area contributed by atoms with E-state index in [0.29, 0.717) is 12.2 Å². The number of hydrogen-bond acceptors (Lipinski definition) is 3. The molecule has 2 N–H and O–H groups in total. The lowest BCUT2D eigenvalue weighted by atomic mass is 9.96. The minimum absolute atomic E-state index is 0.244. The van der Waals surface area contributed by atoms with Crippen LogP contribution in [-0.2, 0) is 6.42 Å². The van der Waals surface area contributed by atoms with Crippen LogP contribution < -0.4 is 0 Å². The molecule has 0 radical (unpaired) electrons. The number of pyridine rings is 1. The second kappa shape index (κ2) is 5.99. The van der Waals surface area contributed by atoms with Crippen LogP contribution in [0.4, 0.5) is 0 Å². The van der Waals surface area contributed by atoms with E-state index in [2.05, 4.69) is 6.07 Å². The topological polar surface area (TPSA) is 53.4 Å². The maximum Gasteiger partial charge on any atom is 0.119 e. The van der Waals surface area contributed by atoms with Crippen LogP contribution in [0.3, 0.4) is 0 Å². The SMILES string of the molecule is Oc1ccc(-c2cc(-c3ccccc3)nc3c2Cc2c(O)cccc2-3)cc1. The van der Waals surface area contributed by atoms with Gasteiger partial charge in [-0.05, 0) is 41.0 Å². The van der Waals surface area contributed by atoms with Crippen molar-refractivity contribution in [1.29, 1.82) is 0 Å². The largest absolute Gasteiger partial charge is 0.508 e. The standard InChI is InChI=1S/C24H17NO2/c26-17-11-9-15(10-12-17)19-14-22(16-5-2-1-3-6-16)25-24-18-7-4-8-23(27)20(18)13-21(19)24/h1-12,14,26-27H,13H2. The molecule has 0 saturated heterocycles. The van der Waals surface area contributed by atoms with Gasteiger partial charge in [-0.1, -0.05) is 54.6 Å². The van der Waals surface area contributed by atoms with Crippen LogP contribution in [0.15, 0.2) is 78.9 Å². The number of phenols is 2. The first-order valence-electron chi connectivity index (χ1n) is 8.90. The fraction of sp³-hybridized carbons (Fsp3) is 0.0417. The number of aromatic hydroxyl groups is 2. The van der Waals surface area contributed by atoms with Gasteiger partial charge in [-0.15, -0.1) is 0 Å². The maximum absolute atomic E-state index is 10.3. The molecule has 130 valence electrons. The lowest BCUT2D eigenvalue weighted by Gasteiger charge is -2.12. The van der Waals surface area contributed by atoms with Crippen molar-refractivity contribution in [2.24, 2.45) is 0 Å². The van der Waals surface area contributed by atoms with Crippen molar-refractivity contribution in [3.8, 4) is 45.1 Å². The van der Waals surface area contributed by atoms with Gasteiger partial charge in [0.25, 0.3) is 0 Å². The summed E-state index contributed by atoms with van der Waals surface area (Å²) in [6.07, 6.45) is 0.648. The molecule has 0 saturated carbocycles. The fourth-order valence-corrected chi connectivity index (χ4v) is 3.79. The van der Waals surface area contributed by atoms with Gasteiger partial charge < -0.3 is 10.2 Å². The molecule has 1 aliphatic rings. The number of aromatic nitrogens is 1. The second-order valence-electron chi connectivity index (χ2n) is 6.78. The third-order valence-corrected chi connectivity index (χ3v) is 5.13. The third kappa shape index (κ3) is 2.56. The van der Waals surface area contributed by atoms with E-state index in [0.717, 1.165) is 44.8 Å². The average Bonchev–Trinajstić information content (AvgIpc) is 3.09. The zero-order valence-electron chi connectivity index (χ0n) is 14.6. The first-order valence-corrected chi connectivity index (χ1v) is 8.90. The van der Waals surface area contributed by atoms with Gasteiger partial charge in [0, 0.05) is 23.1 Å². The quantitative estimate of drug-likeness (QED) is 0.448. The summed E-state index contributed by atoms with van der Waals surface area (Å²) >= 11 is 0. The normalized spacial score (nSPS) is 11.9. The predicted molar refractivity (Wildman–Crippen MR) is 107 cm³/mol. The maximum atomic E-state index is 10.3. The molecule has 5 rings (SSSR count). The van der Waals surface area contributed by atoms with Crippen LogP contribution in [0.2, 0.25) is 0 Å². The molecule has 3 aromatic carbocycles. The molecule has 0 fully saturated rings. The molecule has 0 unspecified atom stereocenters. The highest BCUT2D eigenvalue weighted by molar-refractivity contribution is 5.86. The van der Waals surface area contributed by atoms with E-state index in [9.17, 15) is 10.2 Å². The Morgan fingerprint density at radius 1 is 0.667 bits per heavy atom. The molecule has 0 bridgehead atoms. The number of rotatable bonds is 2. The van der Waals surface area contributed by atoms with Gasteiger partial charge in [0.05, 0.1) is 11.4 Å². The van der Waals surface area contributed by atoms with Gasteiger partial charge >= 0.3 is 0 Å². The highest BCUT2D eigenvalue weighted by Crippen LogP contribution is 2.45. The Morgan fingerprint density at radius 2 is 1.44 bits per heavy atom. The zero-order valence-corrected chi connectivity index (χ0v) is 14.6. The summed E-state index contributed by atoms with van der Waals surface area (Å²) in [5, 5.41) is 20.0. The van der Waals surface area contributed by atoms with Crippen molar-refractivity contribution in [1.82, 2.24) is 4.98 Å². The first kappa shape index (κ1) is 15.6. The van der Waals surface area contributed by atoms with Gasteiger partial charge in [0.2, 0.25) is 0 Å². The average molecular weight is 351 g/mol. The third-order valence-electron chi connectivity index (χ3n) is 5.13. The van der Waals surface area contributed by atoms with Crippen molar-refractivity contribution in [3.63, 3.8) is 0 Å². The van der Waals surface area contributed by atoms with Crippen molar-refractivity contribution in [3.05, 3.63) is 90.0 Å². The lowest BCUT2D eigenvalue weighted by Crippen LogP contribution is -1.94. The summed E-state index contributed by atoms with van der Waals surface area (Å²) in [5.74, 6) is 0.553. The molecule has 4 aromatic rings. The van der Waals surface area contributed by atoms with Crippen molar-refractivity contribution in [2.45, 2.75) is 6.42 Å². The highest BCUT2D eigenvalue weighted by Gasteiger charge is 2.26. The summed E-state index contributed by atoms with van der Waals surface area (Å²) in [6, 6.07) is 25.0. The van der Waals surface area contributed by atoms with E-state index < -0.39 is 0 Å². The first-order chi connectivity index (χ1) is 13.2. The molecule has 0 aliphatic heterocycles. The summed E-state index contributed by atoms with van der Waals surface area (Å²) in [6.45, 7) is 0. The molecule has 3 nitrogen and oxygen atoms in total. The molecule has 27 heavy (non-hydrogen) atoms. The van der Waals surface area contributed by atoms with Crippen molar-refractivity contribution < 1.29 is 10.2 Å². The number of fused-ring (bicyclic) bond motifs is 3. The Morgan fingerprint density at radius 3 is 2.22 bits per heavy atom. The van der Waals surface area contributed by atoms with E-state index in [1.54, 1.807) is 18.2 Å². The number of hydrogen-bond donors (Lipinski definition) is 2. The molecule has 0 amide bonds. The number of nitrogens with zero attached hydrogens (tertiary/aromatic N) is 1. The van der Waals surface area contributed by atoms with Gasteiger partial charge in [-0.3, -0.25) is 0 Å². The van der Waals surface area contributed by atoms with Gasteiger partial charge in [0.1, 0.15) is 11.5 Å². The Kier molecular flexibility index (Phi) is 3.47. The molecule has 3 heteroatoms. The highest BCUT2D eigenvalue weighted by atomic mass is 16.3. The van der Waals surface area contributed by atoms with Crippen molar-refractivity contribution >= 4 is 0 Å². The van der Waals surface area contributed by atoms with Gasteiger partial charge in [0.15, 0.2) is 0 Å². The Bertz CT molecular complexity index is 1150. The van der Waals surface area contributed by atoms with Gasteiger partial charge in [-0.25, -0.2) is 4.98 Å². The Hall–Kier alpha value is -3.59. The summed E-state index contributed by atoms with van der Waals surface area (Å²) < 4.78 is 0. The molecular formula is C24H17NO2.